The number of halogens is 2. The lowest BCUT2D eigenvalue weighted by atomic mass is 10.3. The average molecular weight is 451 g/mol. The van der Waals surface area contributed by atoms with E-state index in [4.69, 9.17) is 11.6 Å². The molecule has 3 rings (SSSR count). The highest BCUT2D eigenvalue weighted by Gasteiger charge is 2.23. The molecule has 30 heavy (non-hydrogen) atoms. The van der Waals surface area contributed by atoms with E-state index in [1.54, 1.807) is 19.9 Å². The monoisotopic (exact) mass is 450 g/mol. The Labute approximate surface area is 179 Å². The first-order valence-electron chi connectivity index (χ1n) is 9.19. The first kappa shape index (κ1) is 21.9. The molecule has 0 aliphatic carbocycles. The molecule has 1 amide bonds. The quantitative estimate of drug-likeness (QED) is 0.590. The van der Waals surface area contributed by atoms with Gasteiger partial charge in [-0.1, -0.05) is 31.5 Å². The SMILES string of the molecule is CCN(CC)S(=O)(=O)c1ccc(Cl)c(NC(=O)c2ccn(-c3cccc(F)c3)n2)c1. The van der Waals surface area contributed by atoms with Gasteiger partial charge in [0.1, 0.15) is 5.82 Å². The summed E-state index contributed by atoms with van der Waals surface area (Å²) in [7, 11) is -3.71. The van der Waals surface area contributed by atoms with Crippen LogP contribution in [0.4, 0.5) is 10.1 Å². The number of amides is 1. The molecule has 0 unspecified atom stereocenters. The summed E-state index contributed by atoms with van der Waals surface area (Å²) < 4.78 is 41.5. The number of benzene rings is 2. The number of nitrogens with zero attached hydrogens (tertiary/aromatic N) is 3. The molecular weight excluding hydrogens is 431 g/mol. The van der Waals surface area contributed by atoms with Crippen molar-refractivity contribution in [2.45, 2.75) is 18.7 Å². The molecule has 0 bridgehead atoms. The number of anilines is 1. The molecule has 7 nitrogen and oxygen atoms in total. The number of sulfonamides is 1. The summed E-state index contributed by atoms with van der Waals surface area (Å²) in [6, 6.07) is 11.4. The lowest BCUT2D eigenvalue weighted by Gasteiger charge is -2.19. The van der Waals surface area contributed by atoms with Gasteiger partial charge >= 0.3 is 0 Å². The van der Waals surface area contributed by atoms with E-state index in [0.29, 0.717) is 18.8 Å². The summed E-state index contributed by atoms with van der Waals surface area (Å²) >= 11 is 6.15. The van der Waals surface area contributed by atoms with Crippen LogP contribution in [0.2, 0.25) is 5.02 Å². The number of rotatable bonds is 7. The van der Waals surface area contributed by atoms with E-state index in [1.807, 2.05) is 0 Å². The maximum absolute atomic E-state index is 13.4. The van der Waals surface area contributed by atoms with Gasteiger partial charge in [-0.15, -0.1) is 0 Å². The van der Waals surface area contributed by atoms with Crippen molar-refractivity contribution < 1.29 is 17.6 Å². The molecule has 0 fully saturated rings. The van der Waals surface area contributed by atoms with Crippen molar-refractivity contribution in [2.24, 2.45) is 0 Å². The molecule has 0 atom stereocenters. The van der Waals surface area contributed by atoms with Crippen LogP contribution in [0, 0.1) is 5.82 Å². The summed E-state index contributed by atoms with van der Waals surface area (Å²) in [5.41, 5.74) is 0.668. The molecular formula is C20H20ClFN4O3S. The van der Waals surface area contributed by atoms with Crippen LogP contribution < -0.4 is 5.32 Å². The van der Waals surface area contributed by atoms with Crippen molar-refractivity contribution in [1.82, 2.24) is 14.1 Å². The van der Waals surface area contributed by atoms with Gasteiger partial charge in [0.25, 0.3) is 5.91 Å². The third-order valence-corrected chi connectivity index (χ3v) is 6.80. The molecule has 10 heteroatoms. The van der Waals surface area contributed by atoms with Crippen molar-refractivity contribution in [2.75, 3.05) is 18.4 Å². The molecule has 158 valence electrons. The molecule has 0 saturated carbocycles. The van der Waals surface area contributed by atoms with Gasteiger partial charge in [-0.25, -0.2) is 17.5 Å². The van der Waals surface area contributed by atoms with Crippen LogP contribution in [0.5, 0.6) is 0 Å². The number of carbonyl (C=O) groups excluding carboxylic acids is 1. The topological polar surface area (TPSA) is 84.3 Å². The van der Waals surface area contributed by atoms with Crippen LogP contribution in [0.15, 0.2) is 59.6 Å². The minimum atomic E-state index is -3.71. The Morgan fingerprint density at radius 3 is 2.57 bits per heavy atom. The van der Waals surface area contributed by atoms with Gasteiger partial charge in [-0.2, -0.15) is 9.40 Å². The maximum atomic E-state index is 13.4. The van der Waals surface area contributed by atoms with E-state index in [2.05, 4.69) is 10.4 Å². The summed E-state index contributed by atoms with van der Waals surface area (Å²) in [4.78, 5) is 12.6. The average Bonchev–Trinajstić information content (AvgIpc) is 3.20. The summed E-state index contributed by atoms with van der Waals surface area (Å²) in [5, 5.41) is 6.91. The Bertz CT molecular complexity index is 1180. The Balaban J connectivity index is 1.85. The lowest BCUT2D eigenvalue weighted by molar-refractivity contribution is 0.102. The molecule has 1 heterocycles. The second-order valence-electron chi connectivity index (χ2n) is 6.31. The van der Waals surface area contributed by atoms with Gasteiger partial charge in [0.2, 0.25) is 10.0 Å². The van der Waals surface area contributed by atoms with Crippen LogP contribution >= 0.6 is 11.6 Å². The van der Waals surface area contributed by atoms with Crippen molar-refractivity contribution in [3.8, 4) is 5.69 Å². The molecule has 0 saturated heterocycles. The fourth-order valence-corrected chi connectivity index (χ4v) is 4.52. The predicted octanol–water partition coefficient (Wildman–Crippen LogP) is 3.95. The molecule has 0 aliphatic heterocycles. The van der Waals surface area contributed by atoms with Crippen LogP contribution in [-0.4, -0.2) is 41.5 Å². The van der Waals surface area contributed by atoms with Crippen molar-refractivity contribution >= 4 is 33.2 Å². The number of hydrogen-bond acceptors (Lipinski definition) is 4. The molecule has 2 aromatic carbocycles. The second-order valence-corrected chi connectivity index (χ2v) is 8.66. The largest absolute Gasteiger partial charge is 0.319 e. The van der Waals surface area contributed by atoms with Crippen LogP contribution in [0.25, 0.3) is 5.69 Å². The third-order valence-electron chi connectivity index (χ3n) is 4.42. The molecule has 0 aliphatic rings. The van der Waals surface area contributed by atoms with Gasteiger partial charge in [0.05, 0.1) is 21.3 Å². The van der Waals surface area contributed by atoms with E-state index >= 15 is 0 Å². The maximum Gasteiger partial charge on any atom is 0.276 e. The molecule has 1 N–H and O–H groups in total. The van der Waals surface area contributed by atoms with E-state index in [-0.39, 0.29) is 21.3 Å². The minimum Gasteiger partial charge on any atom is -0.319 e. The molecule has 3 aromatic rings. The van der Waals surface area contributed by atoms with Gasteiger partial charge in [-0.3, -0.25) is 4.79 Å². The zero-order valence-electron chi connectivity index (χ0n) is 16.3. The number of hydrogen-bond donors (Lipinski definition) is 1. The van der Waals surface area contributed by atoms with E-state index < -0.39 is 21.7 Å². The smallest absolute Gasteiger partial charge is 0.276 e. The summed E-state index contributed by atoms with van der Waals surface area (Å²) in [6.07, 6.45) is 1.52. The Kier molecular flexibility index (Phi) is 6.55. The summed E-state index contributed by atoms with van der Waals surface area (Å²) in [6.45, 7) is 4.13. The fraction of sp³-hybridized carbons (Fsp3) is 0.200. The number of carbonyl (C=O) groups is 1. The second kappa shape index (κ2) is 8.95. The summed E-state index contributed by atoms with van der Waals surface area (Å²) in [5.74, 6) is -1.00. The van der Waals surface area contributed by atoms with E-state index in [1.165, 1.54) is 57.6 Å². The Hall–Kier alpha value is -2.75. The lowest BCUT2D eigenvalue weighted by Crippen LogP contribution is -2.30. The number of nitrogens with one attached hydrogen (secondary N) is 1. The van der Waals surface area contributed by atoms with Crippen LogP contribution in [0.1, 0.15) is 24.3 Å². The number of aromatic nitrogens is 2. The minimum absolute atomic E-state index is 0.0243. The van der Waals surface area contributed by atoms with Gasteiger partial charge in [0.15, 0.2) is 5.69 Å². The third kappa shape index (κ3) is 4.53. The first-order chi connectivity index (χ1) is 14.3. The van der Waals surface area contributed by atoms with E-state index in [0.717, 1.165) is 0 Å². The van der Waals surface area contributed by atoms with Gasteiger partial charge in [0, 0.05) is 19.3 Å². The zero-order chi connectivity index (χ0) is 21.9. The molecule has 0 spiro atoms. The highest BCUT2D eigenvalue weighted by molar-refractivity contribution is 7.89. The Morgan fingerprint density at radius 1 is 1.17 bits per heavy atom. The highest BCUT2D eigenvalue weighted by Crippen LogP contribution is 2.27. The standard InChI is InChI=1S/C20H20ClFN4O3S/c1-3-25(4-2)30(28,29)16-8-9-17(21)19(13-16)23-20(27)18-10-11-26(24-18)15-7-5-6-14(22)12-15/h5-13H,3-4H2,1-2H3,(H,23,27). The fourth-order valence-electron chi connectivity index (χ4n) is 2.87. The van der Waals surface area contributed by atoms with Gasteiger partial charge in [-0.05, 0) is 42.5 Å². The van der Waals surface area contributed by atoms with Crippen molar-refractivity contribution in [1.29, 1.82) is 0 Å². The Morgan fingerprint density at radius 2 is 1.90 bits per heavy atom. The molecule has 1 aromatic heterocycles. The zero-order valence-corrected chi connectivity index (χ0v) is 17.9. The van der Waals surface area contributed by atoms with Crippen molar-refractivity contribution in [3.05, 3.63) is 71.3 Å². The normalized spacial score (nSPS) is 11.6. The predicted molar refractivity (Wildman–Crippen MR) is 113 cm³/mol. The van der Waals surface area contributed by atoms with Crippen molar-refractivity contribution in [3.63, 3.8) is 0 Å². The first-order valence-corrected chi connectivity index (χ1v) is 11.0. The van der Waals surface area contributed by atoms with Gasteiger partial charge < -0.3 is 5.32 Å². The van der Waals surface area contributed by atoms with E-state index in [9.17, 15) is 17.6 Å². The highest BCUT2D eigenvalue weighted by atomic mass is 35.5. The van der Waals surface area contributed by atoms with Crippen LogP contribution in [-0.2, 0) is 10.0 Å². The molecule has 0 radical (unpaired) electrons. The van der Waals surface area contributed by atoms with Crippen LogP contribution in [0.3, 0.4) is 0 Å².